The summed E-state index contributed by atoms with van der Waals surface area (Å²) in [7, 11) is 3.81. The van der Waals surface area contributed by atoms with Crippen LogP contribution in [-0.2, 0) is 0 Å². The summed E-state index contributed by atoms with van der Waals surface area (Å²) in [4.78, 5) is 6.47. The Morgan fingerprint density at radius 1 is 0.950 bits per heavy atom. The van der Waals surface area contributed by atoms with Crippen molar-refractivity contribution in [1.29, 1.82) is 0 Å². The summed E-state index contributed by atoms with van der Waals surface area (Å²) >= 11 is 0. The van der Waals surface area contributed by atoms with E-state index in [9.17, 15) is 4.39 Å². The lowest BCUT2D eigenvalue weighted by atomic mass is 10.1. The fraction of sp³-hybridized carbons (Fsp3) is 0.306. The number of rotatable bonds is 9. The molecule has 0 saturated carbocycles. The van der Waals surface area contributed by atoms with Crippen LogP contribution in [-0.4, -0.2) is 35.8 Å². The molecule has 0 spiro atoms. The standard InChI is InChI=1S/C21H28FN3.C7H8.C6H6.C2H6/c1-6-7-8-16(2)24(5)14-13-19(23-4)11-10-18-15-20-12-9-17(3)25(20)21(18)22;1-7-5-3-2-4-6-7;1-2-4-6-5-3-1;1-2/h6,9-12,15,21H,1-2,7-8,13-14H2,3-5H3;2-6H,1H3;1-6H;1-2H3/b11-10-,23-19?;;;. The number of fused-ring (bicyclic) bond motifs is 1. The van der Waals surface area contributed by atoms with Crippen molar-refractivity contribution in [3.63, 3.8) is 0 Å². The second-order valence-electron chi connectivity index (χ2n) is 9.17. The average Bonchev–Trinajstić information content (AvgIpc) is 3.52. The molecule has 4 rings (SSSR count). The van der Waals surface area contributed by atoms with Crippen LogP contribution in [0.1, 0.15) is 56.4 Å². The summed E-state index contributed by atoms with van der Waals surface area (Å²) in [6, 6.07) is 26.1. The van der Waals surface area contributed by atoms with Gasteiger partial charge >= 0.3 is 0 Å². The van der Waals surface area contributed by atoms with E-state index in [0.29, 0.717) is 5.57 Å². The molecular weight excluding hydrogens is 493 g/mol. The van der Waals surface area contributed by atoms with E-state index >= 15 is 0 Å². The molecule has 1 atom stereocenters. The Bertz CT molecular complexity index is 1180. The van der Waals surface area contributed by atoms with E-state index in [1.165, 1.54) is 5.56 Å². The Morgan fingerprint density at radius 2 is 1.52 bits per heavy atom. The lowest BCUT2D eigenvalue weighted by Gasteiger charge is -2.21. The van der Waals surface area contributed by atoms with Gasteiger partial charge in [0.2, 0.25) is 6.30 Å². The number of aromatic nitrogens is 1. The molecule has 2 heterocycles. The first kappa shape index (κ1) is 34.1. The molecule has 1 aliphatic rings. The number of halogens is 1. The number of allylic oxidation sites excluding steroid dienone is 5. The van der Waals surface area contributed by atoms with Gasteiger partial charge in [0, 0.05) is 55.4 Å². The van der Waals surface area contributed by atoms with Gasteiger partial charge in [0.15, 0.2) is 0 Å². The van der Waals surface area contributed by atoms with Crippen LogP contribution in [0, 0.1) is 13.8 Å². The second-order valence-corrected chi connectivity index (χ2v) is 9.17. The van der Waals surface area contributed by atoms with Crippen molar-refractivity contribution >= 4 is 11.8 Å². The van der Waals surface area contributed by atoms with Gasteiger partial charge in [-0.1, -0.05) is 105 Å². The van der Waals surface area contributed by atoms with E-state index in [4.69, 9.17) is 0 Å². The maximum absolute atomic E-state index is 14.5. The third-order valence-corrected chi connectivity index (χ3v) is 6.21. The first-order chi connectivity index (χ1) is 19.4. The topological polar surface area (TPSA) is 20.5 Å². The molecule has 0 radical (unpaired) electrons. The quantitative estimate of drug-likeness (QED) is 0.195. The third-order valence-electron chi connectivity index (χ3n) is 6.21. The molecule has 0 N–H and O–H groups in total. The number of aliphatic imine (C=N–C) groups is 1. The van der Waals surface area contributed by atoms with Crippen molar-refractivity contribution < 1.29 is 4.39 Å². The molecule has 1 unspecified atom stereocenters. The summed E-state index contributed by atoms with van der Waals surface area (Å²) in [6.45, 7) is 16.7. The first-order valence-corrected chi connectivity index (χ1v) is 14.1. The zero-order valence-corrected chi connectivity index (χ0v) is 25.4. The summed E-state index contributed by atoms with van der Waals surface area (Å²) in [5.41, 5.74) is 5.89. The summed E-state index contributed by atoms with van der Waals surface area (Å²) < 4.78 is 16.3. The second kappa shape index (κ2) is 20.0. The van der Waals surface area contributed by atoms with Crippen molar-refractivity contribution in [3.8, 4) is 0 Å². The van der Waals surface area contributed by atoms with Gasteiger partial charge in [0.1, 0.15) is 0 Å². The minimum absolute atomic E-state index is 0.670. The number of hydrogen-bond acceptors (Lipinski definition) is 2. The zero-order valence-electron chi connectivity index (χ0n) is 25.4. The molecule has 0 fully saturated rings. The van der Waals surface area contributed by atoms with Crippen LogP contribution in [0.25, 0.3) is 6.08 Å². The molecule has 3 aromatic rings. The highest BCUT2D eigenvalue weighted by molar-refractivity contribution is 5.95. The van der Waals surface area contributed by atoms with Crippen molar-refractivity contribution in [1.82, 2.24) is 9.47 Å². The SMILES string of the molecule is C=CCCC(=C)N(C)CCC(/C=C\C1=Cc2ccc(C)n2C1F)=NC.CC.Cc1ccccc1.c1ccccc1. The Balaban J connectivity index is 0.000000430. The molecule has 0 amide bonds. The highest BCUT2D eigenvalue weighted by Gasteiger charge is 2.23. The van der Waals surface area contributed by atoms with E-state index in [1.54, 1.807) is 11.6 Å². The van der Waals surface area contributed by atoms with Crippen LogP contribution < -0.4 is 0 Å². The van der Waals surface area contributed by atoms with Gasteiger partial charge in [-0.3, -0.25) is 4.99 Å². The Hall–Kier alpha value is -3.92. The highest BCUT2D eigenvalue weighted by atomic mass is 19.1. The molecule has 0 aliphatic carbocycles. The maximum Gasteiger partial charge on any atom is 0.202 e. The molecule has 1 aromatic heterocycles. The lowest BCUT2D eigenvalue weighted by Crippen LogP contribution is -2.20. The predicted octanol–water partition coefficient (Wildman–Crippen LogP) is 9.80. The molecule has 0 saturated heterocycles. The summed E-state index contributed by atoms with van der Waals surface area (Å²) in [6.07, 6.45) is 9.10. The fourth-order valence-corrected chi connectivity index (χ4v) is 3.79. The highest BCUT2D eigenvalue weighted by Crippen LogP contribution is 2.33. The van der Waals surface area contributed by atoms with Gasteiger partial charge in [-0.05, 0) is 51.0 Å². The molecule has 4 heteroatoms. The number of aryl methyl sites for hydroxylation is 2. The predicted molar refractivity (Wildman–Crippen MR) is 175 cm³/mol. The van der Waals surface area contributed by atoms with E-state index in [2.05, 4.69) is 42.1 Å². The van der Waals surface area contributed by atoms with Crippen LogP contribution >= 0.6 is 0 Å². The van der Waals surface area contributed by atoms with Crippen LogP contribution in [0.4, 0.5) is 4.39 Å². The Kier molecular flexibility index (Phi) is 17.1. The summed E-state index contributed by atoms with van der Waals surface area (Å²) in [5.74, 6) is 0. The minimum atomic E-state index is -1.11. The van der Waals surface area contributed by atoms with Crippen LogP contribution in [0.5, 0.6) is 0 Å². The zero-order chi connectivity index (χ0) is 29.8. The number of alkyl halides is 1. The molecule has 40 heavy (non-hydrogen) atoms. The molecular formula is C36H48FN3. The third kappa shape index (κ3) is 12.3. The monoisotopic (exact) mass is 541 g/mol. The van der Waals surface area contributed by atoms with Crippen molar-refractivity contribution in [2.45, 2.75) is 53.3 Å². The minimum Gasteiger partial charge on any atom is -0.378 e. The smallest absolute Gasteiger partial charge is 0.202 e. The molecule has 3 nitrogen and oxygen atoms in total. The van der Waals surface area contributed by atoms with Crippen LogP contribution in [0.15, 0.2) is 127 Å². The molecule has 214 valence electrons. The van der Waals surface area contributed by atoms with Gasteiger partial charge in [0.25, 0.3) is 0 Å². The Morgan fingerprint density at radius 3 is 2.00 bits per heavy atom. The van der Waals surface area contributed by atoms with Gasteiger partial charge in [-0.15, -0.1) is 6.58 Å². The maximum atomic E-state index is 14.5. The fourth-order valence-electron chi connectivity index (χ4n) is 3.79. The molecule has 2 aromatic carbocycles. The molecule has 0 bridgehead atoms. The average molecular weight is 542 g/mol. The molecule has 1 aliphatic heterocycles. The Labute approximate surface area is 242 Å². The van der Waals surface area contributed by atoms with E-state index < -0.39 is 6.30 Å². The van der Waals surface area contributed by atoms with Gasteiger partial charge in [-0.25, -0.2) is 4.39 Å². The number of nitrogens with zero attached hydrogens (tertiary/aromatic N) is 3. The lowest BCUT2D eigenvalue weighted by molar-refractivity contribution is 0.299. The summed E-state index contributed by atoms with van der Waals surface area (Å²) in [5, 5.41) is 0. The van der Waals surface area contributed by atoms with E-state index in [-0.39, 0.29) is 0 Å². The van der Waals surface area contributed by atoms with Crippen molar-refractivity contribution in [3.05, 3.63) is 138 Å². The number of benzene rings is 2. The van der Waals surface area contributed by atoms with E-state index in [0.717, 1.165) is 48.6 Å². The van der Waals surface area contributed by atoms with Gasteiger partial charge in [0.05, 0.1) is 0 Å². The normalized spacial score (nSPS) is 13.4. The van der Waals surface area contributed by atoms with Crippen molar-refractivity contribution in [2.24, 2.45) is 4.99 Å². The van der Waals surface area contributed by atoms with Gasteiger partial charge in [-0.2, -0.15) is 0 Å². The largest absolute Gasteiger partial charge is 0.378 e. The first-order valence-electron chi connectivity index (χ1n) is 14.1. The van der Waals surface area contributed by atoms with Gasteiger partial charge < -0.3 is 9.47 Å². The van der Waals surface area contributed by atoms with Crippen molar-refractivity contribution in [2.75, 3.05) is 20.6 Å². The van der Waals surface area contributed by atoms with Crippen LogP contribution in [0.3, 0.4) is 0 Å². The van der Waals surface area contributed by atoms with Crippen LogP contribution in [0.2, 0.25) is 0 Å². The number of hydrogen-bond donors (Lipinski definition) is 0. The van der Waals surface area contributed by atoms with E-state index in [1.807, 2.05) is 119 Å².